The summed E-state index contributed by atoms with van der Waals surface area (Å²) in [5.74, 6) is -3.40. The minimum absolute atomic E-state index is 0.0155. The van der Waals surface area contributed by atoms with Gasteiger partial charge in [-0.1, -0.05) is 40.7 Å². The highest BCUT2D eigenvalue weighted by Gasteiger charge is 2.79. The van der Waals surface area contributed by atoms with E-state index in [9.17, 15) is 23.9 Å². The highest BCUT2D eigenvalue weighted by molar-refractivity contribution is 6.01. The molecule has 0 unspecified atom stereocenters. The first-order valence-electron chi connectivity index (χ1n) is 15.6. The highest BCUT2D eigenvalue weighted by atomic mass is 19.1. The number of hydrogen-bond acceptors (Lipinski definition) is 7. The number of carbonyl (C=O) groups is 3. The molecule has 13 atom stereocenters. The second-order valence-corrected chi connectivity index (χ2v) is 15.2. The lowest BCUT2D eigenvalue weighted by molar-refractivity contribution is -0.237. The molecule has 0 aromatic heterocycles. The Morgan fingerprint density at radius 3 is 2.37 bits per heavy atom. The summed E-state index contributed by atoms with van der Waals surface area (Å²) in [6, 6.07) is 0. The van der Waals surface area contributed by atoms with E-state index in [0.29, 0.717) is 18.3 Å². The van der Waals surface area contributed by atoms with Gasteiger partial charge in [0.05, 0.1) is 6.10 Å². The minimum atomic E-state index is -2.38. The number of hydrogen-bond donors (Lipinski definition) is 1. The molecule has 0 amide bonds. The van der Waals surface area contributed by atoms with Gasteiger partial charge in [0, 0.05) is 22.7 Å². The number of ether oxygens (including phenoxy) is 3. The molecular weight excluding hydrogens is 565 g/mol. The van der Waals surface area contributed by atoms with Gasteiger partial charge in [-0.15, -0.1) is 0 Å². The van der Waals surface area contributed by atoms with Crippen molar-refractivity contribution in [2.45, 2.75) is 103 Å². The Labute approximate surface area is 250 Å². The van der Waals surface area contributed by atoms with Crippen molar-refractivity contribution in [3.05, 3.63) is 23.8 Å². The van der Waals surface area contributed by atoms with E-state index in [2.05, 4.69) is 13.8 Å². The molecule has 1 N–H and O–H groups in total. The molecule has 7 aliphatic rings. The fraction of sp³-hybridized carbons (Fsp3) is 0.788. The molecule has 7 nitrogen and oxygen atoms in total. The zero-order chi connectivity index (χ0) is 31.5. The number of alkyl halides is 3. The van der Waals surface area contributed by atoms with E-state index in [1.807, 2.05) is 6.92 Å². The Hall–Kier alpha value is -2.36. The van der Waals surface area contributed by atoms with Crippen molar-refractivity contribution in [3.63, 3.8) is 0 Å². The second kappa shape index (κ2) is 9.57. The molecule has 238 valence electrons. The van der Waals surface area contributed by atoms with Crippen molar-refractivity contribution in [3.8, 4) is 0 Å². The van der Waals surface area contributed by atoms with Crippen LogP contribution in [0.1, 0.15) is 73.6 Å². The van der Waals surface area contributed by atoms with Crippen molar-refractivity contribution >= 4 is 17.9 Å². The molecule has 0 aromatic rings. The molecule has 2 bridgehead atoms. The van der Waals surface area contributed by atoms with Crippen LogP contribution in [0.25, 0.3) is 0 Å². The van der Waals surface area contributed by atoms with Crippen molar-refractivity contribution < 1.29 is 46.9 Å². The molecule has 0 aliphatic heterocycles. The lowest BCUT2D eigenvalue weighted by Crippen LogP contribution is -2.71. The van der Waals surface area contributed by atoms with Gasteiger partial charge in [0.25, 0.3) is 0 Å². The Balaban J connectivity index is 1.35. The van der Waals surface area contributed by atoms with E-state index in [1.54, 1.807) is 13.8 Å². The van der Waals surface area contributed by atoms with Crippen LogP contribution in [0.5, 0.6) is 0 Å². The topological polar surface area (TPSA) is 99.1 Å². The normalized spacial score (nSPS) is 50.8. The molecule has 43 heavy (non-hydrogen) atoms. The summed E-state index contributed by atoms with van der Waals surface area (Å²) in [4.78, 5) is 39.4. The maximum atomic E-state index is 17.6. The molecule has 6 fully saturated rings. The second-order valence-electron chi connectivity index (χ2n) is 15.2. The van der Waals surface area contributed by atoms with Gasteiger partial charge in [0.15, 0.2) is 11.5 Å². The number of carbonyl (C=O) groups excluding carboxylic acids is 3. The fourth-order valence-corrected chi connectivity index (χ4v) is 10.9. The number of fused-ring (bicyclic) bond motifs is 7. The number of allylic oxidation sites excluding steroid dienone is 4. The lowest BCUT2D eigenvalue weighted by atomic mass is 9.44. The first kappa shape index (κ1) is 30.7. The summed E-state index contributed by atoms with van der Waals surface area (Å²) >= 11 is 0. The SMILES string of the molecule is C[C@@H]1[C@@H](OC(=O)O[C@]2(C(=O)OCF)[C@H](C)C[C@H]3[C@@H]4C[C@H](F)C5=CC(=O)C=C[C@]5(C)[C@@]4(F)[C@@H](O)C[C@@]32C)C[C@H]2C[C@@H]1C2(C)C. The zero-order valence-electron chi connectivity index (χ0n) is 25.7. The third-order valence-corrected chi connectivity index (χ3v) is 13.4. The molecule has 0 spiro atoms. The fourth-order valence-electron chi connectivity index (χ4n) is 10.9. The Kier molecular flexibility index (Phi) is 6.82. The van der Waals surface area contributed by atoms with E-state index >= 15 is 8.78 Å². The lowest BCUT2D eigenvalue weighted by Gasteiger charge is -2.63. The van der Waals surface area contributed by atoms with E-state index in [-0.39, 0.29) is 36.2 Å². The van der Waals surface area contributed by atoms with Gasteiger partial charge in [-0.25, -0.2) is 22.8 Å². The predicted octanol–water partition coefficient (Wildman–Crippen LogP) is 5.98. The molecule has 7 aliphatic carbocycles. The van der Waals surface area contributed by atoms with Crippen LogP contribution in [0, 0.1) is 51.8 Å². The Morgan fingerprint density at radius 1 is 1.05 bits per heavy atom. The third-order valence-electron chi connectivity index (χ3n) is 13.4. The van der Waals surface area contributed by atoms with Crippen LogP contribution in [-0.4, -0.2) is 59.5 Å². The van der Waals surface area contributed by atoms with E-state index < -0.39 is 83.0 Å². The van der Waals surface area contributed by atoms with Gasteiger partial charge < -0.3 is 19.3 Å². The number of esters is 1. The Morgan fingerprint density at radius 2 is 1.74 bits per heavy atom. The van der Waals surface area contributed by atoms with Gasteiger partial charge in [0.1, 0.15) is 12.3 Å². The largest absolute Gasteiger partial charge is 0.509 e. The molecule has 0 radical (unpaired) electrons. The van der Waals surface area contributed by atoms with Crippen molar-refractivity contribution in [1.29, 1.82) is 0 Å². The van der Waals surface area contributed by atoms with Crippen LogP contribution >= 0.6 is 0 Å². The maximum Gasteiger partial charge on any atom is 0.509 e. The predicted molar refractivity (Wildman–Crippen MR) is 148 cm³/mol. The smallest absolute Gasteiger partial charge is 0.431 e. The third kappa shape index (κ3) is 3.73. The molecule has 0 saturated heterocycles. The van der Waals surface area contributed by atoms with Crippen LogP contribution in [0.3, 0.4) is 0 Å². The first-order valence-corrected chi connectivity index (χ1v) is 15.6. The van der Waals surface area contributed by atoms with Gasteiger partial charge >= 0.3 is 12.1 Å². The monoisotopic (exact) mass is 608 g/mol. The summed E-state index contributed by atoms with van der Waals surface area (Å²) in [5.41, 5.74) is -7.40. The molecular formula is C33H43F3O7. The van der Waals surface area contributed by atoms with E-state index in [0.717, 1.165) is 12.5 Å². The molecule has 7 rings (SSSR count). The van der Waals surface area contributed by atoms with E-state index in [1.165, 1.54) is 19.1 Å². The zero-order valence-corrected chi connectivity index (χ0v) is 25.7. The van der Waals surface area contributed by atoms with Crippen LogP contribution in [0.4, 0.5) is 18.0 Å². The first-order chi connectivity index (χ1) is 20.0. The van der Waals surface area contributed by atoms with Crippen molar-refractivity contribution in [2.24, 2.45) is 51.8 Å². The Bertz CT molecular complexity index is 1300. The van der Waals surface area contributed by atoms with Crippen molar-refractivity contribution in [2.75, 3.05) is 6.86 Å². The summed E-state index contributed by atoms with van der Waals surface area (Å²) in [6.07, 6.45) is -0.0978. The van der Waals surface area contributed by atoms with Crippen LogP contribution in [-0.2, 0) is 23.8 Å². The summed E-state index contributed by atoms with van der Waals surface area (Å²) < 4.78 is 63.6. The quantitative estimate of drug-likeness (QED) is 0.392. The van der Waals surface area contributed by atoms with Gasteiger partial charge in [-0.3, -0.25) is 4.79 Å². The van der Waals surface area contributed by atoms with Gasteiger partial charge in [0.2, 0.25) is 12.5 Å². The molecule has 10 heteroatoms. The summed E-state index contributed by atoms with van der Waals surface area (Å²) in [5, 5.41) is 11.6. The van der Waals surface area contributed by atoms with E-state index in [4.69, 9.17) is 14.2 Å². The van der Waals surface area contributed by atoms with Gasteiger partial charge in [-0.2, -0.15) is 0 Å². The molecule has 0 heterocycles. The number of halogens is 3. The summed E-state index contributed by atoms with van der Waals surface area (Å²) in [7, 11) is 0. The molecule has 6 saturated carbocycles. The van der Waals surface area contributed by atoms with Crippen LogP contribution < -0.4 is 0 Å². The van der Waals surface area contributed by atoms with Gasteiger partial charge in [-0.05, 0) is 85.8 Å². The minimum Gasteiger partial charge on any atom is -0.431 e. The number of aliphatic hydroxyl groups excluding tert-OH is 1. The standard InChI is InChI=1S/C33H43F3O7/c1-16-9-21-22-13-24(35)23-12-19(37)7-8-30(23,5)32(22,36)26(38)14-31(21,6)33(16,27(39)41-15-34)43-28(40)42-25-11-18-10-20(17(25)2)29(18,3)4/h7-8,12,16-18,20-22,24-26,38H,9-11,13-15H2,1-6H3/t16-,17+,18-,20+,21+,22+,24+,25+,26+,30+,31+,32+,33+/m1/s1. The maximum absolute atomic E-state index is 17.6. The number of rotatable bonds is 4. The summed E-state index contributed by atoms with van der Waals surface area (Å²) in [6.45, 7) is 9.74. The van der Waals surface area contributed by atoms with Crippen LogP contribution in [0.2, 0.25) is 0 Å². The highest BCUT2D eigenvalue weighted by Crippen LogP contribution is 2.72. The number of ketones is 1. The van der Waals surface area contributed by atoms with Crippen LogP contribution in [0.15, 0.2) is 23.8 Å². The average molecular weight is 609 g/mol. The number of aliphatic hydroxyl groups is 1. The average Bonchev–Trinajstić information content (AvgIpc) is 3.14. The molecule has 0 aromatic carbocycles. The van der Waals surface area contributed by atoms with Crippen molar-refractivity contribution in [1.82, 2.24) is 0 Å².